The first-order valence-electron chi connectivity index (χ1n) is 5.21. The van der Waals surface area contributed by atoms with Crippen molar-refractivity contribution in [3.63, 3.8) is 0 Å². The number of nitrogens with one attached hydrogen (secondary N) is 1. The fourth-order valence-corrected chi connectivity index (χ4v) is 1.55. The van der Waals surface area contributed by atoms with E-state index in [0.29, 0.717) is 19.6 Å². The molecular weight excluding hydrogens is 180 g/mol. The molecule has 0 heterocycles. The summed E-state index contributed by atoms with van der Waals surface area (Å²) in [5, 5.41) is 2.86. The SMILES string of the molecule is COCCCC(=O)NCC1(N)CCC1. The number of hydrogen-bond donors (Lipinski definition) is 2. The third kappa shape index (κ3) is 3.64. The van der Waals surface area contributed by atoms with Crippen LogP contribution in [0.4, 0.5) is 0 Å². The van der Waals surface area contributed by atoms with Crippen LogP contribution in [-0.4, -0.2) is 31.7 Å². The van der Waals surface area contributed by atoms with Crippen LogP contribution >= 0.6 is 0 Å². The summed E-state index contributed by atoms with van der Waals surface area (Å²) in [6.07, 6.45) is 4.57. The molecule has 82 valence electrons. The fraction of sp³-hybridized carbons (Fsp3) is 0.900. The van der Waals surface area contributed by atoms with Gasteiger partial charge in [-0.2, -0.15) is 0 Å². The van der Waals surface area contributed by atoms with Crippen molar-refractivity contribution in [1.82, 2.24) is 5.32 Å². The average Bonchev–Trinajstić information content (AvgIpc) is 2.12. The zero-order chi connectivity index (χ0) is 10.4. The molecule has 0 aliphatic heterocycles. The quantitative estimate of drug-likeness (QED) is 0.610. The Hall–Kier alpha value is -0.610. The summed E-state index contributed by atoms with van der Waals surface area (Å²) in [4.78, 5) is 11.3. The lowest BCUT2D eigenvalue weighted by atomic mass is 9.78. The van der Waals surface area contributed by atoms with Crippen LogP contribution in [0.5, 0.6) is 0 Å². The predicted molar refractivity (Wildman–Crippen MR) is 54.9 cm³/mol. The van der Waals surface area contributed by atoms with Crippen LogP contribution in [0.3, 0.4) is 0 Å². The second-order valence-electron chi connectivity index (χ2n) is 4.09. The van der Waals surface area contributed by atoms with Crippen molar-refractivity contribution < 1.29 is 9.53 Å². The predicted octanol–water partition coefficient (Wildman–Crippen LogP) is 0.411. The molecule has 0 atom stereocenters. The Kier molecular flexibility index (Phi) is 4.35. The van der Waals surface area contributed by atoms with Crippen LogP contribution < -0.4 is 11.1 Å². The molecular formula is C10H20N2O2. The van der Waals surface area contributed by atoms with E-state index in [1.807, 2.05) is 0 Å². The minimum Gasteiger partial charge on any atom is -0.385 e. The number of hydrogen-bond acceptors (Lipinski definition) is 3. The molecule has 0 radical (unpaired) electrons. The van der Waals surface area contributed by atoms with Crippen molar-refractivity contribution >= 4 is 5.91 Å². The maximum Gasteiger partial charge on any atom is 0.220 e. The standard InChI is InChI=1S/C10H20N2O2/c1-14-7-2-4-9(13)12-8-10(11)5-3-6-10/h2-8,11H2,1H3,(H,12,13). The third-order valence-electron chi connectivity index (χ3n) is 2.74. The Balaban J connectivity index is 2.03. The molecule has 1 rings (SSSR count). The van der Waals surface area contributed by atoms with Crippen molar-refractivity contribution in [2.75, 3.05) is 20.3 Å². The molecule has 0 bridgehead atoms. The molecule has 0 spiro atoms. The monoisotopic (exact) mass is 200 g/mol. The highest BCUT2D eigenvalue weighted by Crippen LogP contribution is 2.27. The van der Waals surface area contributed by atoms with Crippen LogP contribution in [0, 0.1) is 0 Å². The van der Waals surface area contributed by atoms with Gasteiger partial charge in [0.1, 0.15) is 0 Å². The normalized spacial score (nSPS) is 18.7. The number of carbonyl (C=O) groups is 1. The van der Waals surface area contributed by atoms with E-state index in [1.165, 1.54) is 6.42 Å². The second kappa shape index (κ2) is 5.32. The highest BCUT2D eigenvalue weighted by atomic mass is 16.5. The Bertz CT molecular complexity index is 191. The van der Waals surface area contributed by atoms with Gasteiger partial charge in [-0.3, -0.25) is 4.79 Å². The molecule has 0 unspecified atom stereocenters. The number of ether oxygens (including phenoxy) is 1. The zero-order valence-corrected chi connectivity index (χ0v) is 8.84. The van der Waals surface area contributed by atoms with E-state index in [-0.39, 0.29) is 11.4 Å². The third-order valence-corrected chi connectivity index (χ3v) is 2.74. The number of nitrogens with two attached hydrogens (primary N) is 1. The van der Waals surface area contributed by atoms with Gasteiger partial charge in [0.25, 0.3) is 0 Å². The van der Waals surface area contributed by atoms with Gasteiger partial charge < -0.3 is 15.8 Å². The molecule has 1 saturated carbocycles. The van der Waals surface area contributed by atoms with Crippen molar-refractivity contribution in [2.45, 2.75) is 37.6 Å². The molecule has 1 fully saturated rings. The smallest absolute Gasteiger partial charge is 0.220 e. The summed E-state index contributed by atoms with van der Waals surface area (Å²) >= 11 is 0. The van der Waals surface area contributed by atoms with Gasteiger partial charge in [-0.25, -0.2) is 0 Å². The van der Waals surface area contributed by atoms with Crippen molar-refractivity contribution in [1.29, 1.82) is 0 Å². The Labute approximate surface area is 85.2 Å². The van der Waals surface area contributed by atoms with E-state index in [1.54, 1.807) is 7.11 Å². The number of amides is 1. The Morgan fingerprint density at radius 1 is 1.57 bits per heavy atom. The number of rotatable bonds is 6. The van der Waals surface area contributed by atoms with Crippen LogP contribution in [0.2, 0.25) is 0 Å². The number of carbonyl (C=O) groups excluding carboxylic acids is 1. The lowest BCUT2D eigenvalue weighted by Gasteiger charge is -2.38. The Morgan fingerprint density at radius 3 is 2.79 bits per heavy atom. The van der Waals surface area contributed by atoms with Gasteiger partial charge in [0.2, 0.25) is 5.91 Å². The van der Waals surface area contributed by atoms with Gasteiger partial charge in [-0.1, -0.05) is 0 Å². The molecule has 4 nitrogen and oxygen atoms in total. The molecule has 1 aliphatic rings. The van der Waals surface area contributed by atoms with Crippen LogP contribution in [0.1, 0.15) is 32.1 Å². The molecule has 0 aromatic carbocycles. The molecule has 0 aromatic rings. The molecule has 1 aliphatic carbocycles. The lowest BCUT2D eigenvalue weighted by molar-refractivity contribution is -0.121. The lowest BCUT2D eigenvalue weighted by Crippen LogP contribution is -2.54. The molecule has 0 aromatic heterocycles. The second-order valence-corrected chi connectivity index (χ2v) is 4.09. The first kappa shape index (κ1) is 11.5. The van der Waals surface area contributed by atoms with Gasteiger partial charge in [0, 0.05) is 32.2 Å². The average molecular weight is 200 g/mol. The summed E-state index contributed by atoms with van der Waals surface area (Å²) in [5.41, 5.74) is 5.85. The largest absolute Gasteiger partial charge is 0.385 e. The maximum absolute atomic E-state index is 11.3. The van der Waals surface area contributed by atoms with E-state index in [9.17, 15) is 4.79 Å². The maximum atomic E-state index is 11.3. The van der Waals surface area contributed by atoms with Gasteiger partial charge in [0.15, 0.2) is 0 Å². The molecule has 3 N–H and O–H groups in total. The molecule has 4 heteroatoms. The number of methoxy groups -OCH3 is 1. The highest BCUT2D eigenvalue weighted by molar-refractivity contribution is 5.75. The first-order chi connectivity index (χ1) is 6.66. The fourth-order valence-electron chi connectivity index (χ4n) is 1.55. The first-order valence-corrected chi connectivity index (χ1v) is 5.21. The summed E-state index contributed by atoms with van der Waals surface area (Å²) in [6, 6.07) is 0. The Morgan fingerprint density at radius 2 is 2.29 bits per heavy atom. The van der Waals surface area contributed by atoms with Crippen molar-refractivity contribution in [2.24, 2.45) is 5.73 Å². The summed E-state index contributed by atoms with van der Waals surface area (Å²) in [7, 11) is 1.64. The van der Waals surface area contributed by atoms with E-state index < -0.39 is 0 Å². The van der Waals surface area contributed by atoms with E-state index in [0.717, 1.165) is 19.3 Å². The topological polar surface area (TPSA) is 64.3 Å². The highest BCUT2D eigenvalue weighted by Gasteiger charge is 2.32. The van der Waals surface area contributed by atoms with Gasteiger partial charge >= 0.3 is 0 Å². The van der Waals surface area contributed by atoms with E-state index in [2.05, 4.69) is 5.32 Å². The summed E-state index contributed by atoms with van der Waals surface area (Å²) in [6.45, 7) is 1.26. The zero-order valence-electron chi connectivity index (χ0n) is 8.84. The minimum absolute atomic E-state index is 0.0822. The summed E-state index contributed by atoms with van der Waals surface area (Å²) in [5.74, 6) is 0.0822. The summed E-state index contributed by atoms with van der Waals surface area (Å²) < 4.78 is 4.87. The van der Waals surface area contributed by atoms with Gasteiger partial charge in [0.05, 0.1) is 0 Å². The van der Waals surface area contributed by atoms with Crippen molar-refractivity contribution in [3.05, 3.63) is 0 Å². The van der Waals surface area contributed by atoms with Crippen LogP contribution in [0.15, 0.2) is 0 Å². The molecule has 0 saturated heterocycles. The van der Waals surface area contributed by atoms with Gasteiger partial charge in [-0.05, 0) is 25.7 Å². The molecule has 1 amide bonds. The van der Waals surface area contributed by atoms with Crippen LogP contribution in [0.25, 0.3) is 0 Å². The minimum atomic E-state index is -0.114. The molecule has 14 heavy (non-hydrogen) atoms. The van der Waals surface area contributed by atoms with Crippen molar-refractivity contribution in [3.8, 4) is 0 Å². The van der Waals surface area contributed by atoms with E-state index >= 15 is 0 Å². The van der Waals surface area contributed by atoms with Gasteiger partial charge in [-0.15, -0.1) is 0 Å². The van der Waals surface area contributed by atoms with E-state index in [4.69, 9.17) is 10.5 Å². The van der Waals surface area contributed by atoms with Crippen LogP contribution in [-0.2, 0) is 9.53 Å².